The molecule has 0 heterocycles. The van der Waals surface area contributed by atoms with Gasteiger partial charge in [0.25, 0.3) is 0 Å². The summed E-state index contributed by atoms with van der Waals surface area (Å²) < 4.78 is 12.9. The van der Waals surface area contributed by atoms with E-state index in [4.69, 9.17) is 8.85 Å². The smallest absolute Gasteiger partial charge is 0.321 e. The van der Waals surface area contributed by atoms with Crippen LogP contribution in [-0.2, 0) is 15.3 Å². The van der Waals surface area contributed by atoms with Crippen molar-refractivity contribution < 1.29 is 8.85 Å². The van der Waals surface area contributed by atoms with Crippen LogP contribution in [0.25, 0.3) is 0 Å². The summed E-state index contributed by atoms with van der Waals surface area (Å²) in [7, 11) is -1.65. The zero-order valence-corrected chi connectivity index (χ0v) is 23.9. The van der Waals surface area contributed by atoms with Gasteiger partial charge >= 0.3 is 9.28 Å². The summed E-state index contributed by atoms with van der Waals surface area (Å²) in [6, 6.07) is 12.1. The second-order valence-electron chi connectivity index (χ2n) is 10.1. The molecule has 0 aliphatic rings. The number of unbranched alkanes of at least 4 members (excludes halogenated alkanes) is 12. The van der Waals surface area contributed by atoms with Crippen LogP contribution < -0.4 is 0 Å². The molecule has 0 N–H and O–H groups in total. The maximum absolute atomic E-state index is 6.47. The number of hydrogen-bond acceptors (Lipinski definition) is 2. The van der Waals surface area contributed by atoms with Gasteiger partial charge in [-0.15, -0.1) is 6.58 Å². The van der Waals surface area contributed by atoms with E-state index in [1.54, 1.807) is 0 Å². The highest BCUT2D eigenvalue weighted by Crippen LogP contribution is 2.22. The standard InChI is InChI=1S/C31H56O2Si/c1-4-7-10-12-14-16-21-26-32-34(33-27-22-17-15-13-11-8-5-2)29-31(23-9-6-3)28-30-24-19-18-20-25-30/h6,18-20,24-25,31,34H,3-5,7-17,21-23,26-29H2,1-2H3. The van der Waals surface area contributed by atoms with Gasteiger partial charge in [-0.05, 0) is 49.6 Å². The first-order valence-electron chi connectivity index (χ1n) is 14.7. The van der Waals surface area contributed by atoms with Crippen molar-refractivity contribution in [2.24, 2.45) is 5.92 Å². The Balaban J connectivity index is 2.45. The molecule has 0 aliphatic carbocycles. The van der Waals surface area contributed by atoms with Crippen molar-refractivity contribution in [3.63, 3.8) is 0 Å². The predicted molar refractivity (Wildman–Crippen MR) is 153 cm³/mol. The molecule has 0 aromatic heterocycles. The summed E-state index contributed by atoms with van der Waals surface area (Å²) in [5.41, 5.74) is 1.43. The van der Waals surface area contributed by atoms with E-state index >= 15 is 0 Å². The Hall–Kier alpha value is -0.903. The molecule has 0 saturated carbocycles. The van der Waals surface area contributed by atoms with Crippen LogP contribution in [0.15, 0.2) is 43.0 Å². The Bertz CT molecular complexity index is 528. The van der Waals surface area contributed by atoms with Crippen molar-refractivity contribution in [3.8, 4) is 0 Å². The zero-order valence-electron chi connectivity index (χ0n) is 22.8. The van der Waals surface area contributed by atoms with Gasteiger partial charge in [-0.25, -0.2) is 0 Å². The second kappa shape index (κ2) is 23.8. The summed E-state index contributed by atoms with van der Waals surface area (Å²) in [6.07, 6.45) is 24.1. The van der Waals surface area contributed by atoms with Gasteiger partial charge in [0, 0.05) is 13.2 Å². The lowest BCUT2D eigenvalue weighted by molar-refractivity contribution is 0.184. The zero-order chi connectivity index (χ0) is 24.5. The Morgan fingerprint density at radius 2 is 1.24 bits per heavy atom. The number of benzene rings is 1. The molecule has 0 aliphatic heterocycles. The van der Waals surface area contributed by atoms with Crippen LogP contribution in [0, 0.1) is 5.92 Å². The van der Waals surface area contributed by atoms with Crippen LogP contribution >= 0.6 is 0 Å². The van der Waals surface area contributed by atoms with Crippen molar-refractivity contribution in [1.82, 2.24) is 0 Å². The van der Waals surface area contributed by atoms with Crippen molar-refractivity contribution in [1.29, 1.82) is 0 Å². The minimum Gasteiger partial charge on any atom is -0.397 e. The van der Waals surface area contributed by atoms with Crippen molar-refractivity contribution in [3.05, 3.63) is 48.6 Å². The Labute approximate surface area is 214 Å². The fourth-order valence-corrected chi connectivity index (χ4v) is 6.78. The monoisotopic (exact) mass is 488 g/mol. The van der Waals surface area contributed by atoms with E-state index in [-0.39, 0.29) is 0 Å². The lowest BCUT2D eigenvalue weighted by atomic mass is 9.96. The molecule has 0 spiro atoms. The van der Waals surface area contributed by atoms with Gasteiger partial charge in [-0.1, -0.05) is 127 Å². The highest BCUT2D eigenvalue weighted by molar-refractivity contribution is 6.44. The number of rotatable bonds is 25. The van der Waals surface area contributed by atoms with Gasteiger partial charge in [0.05, 0.1) is 0 Å². The molecule has 1 unspecified atom stereocenters. The van der Waals surface area contributed by atoms with Gasteiger partial charge < -0.3 is 8.85 Å². The second-order valence-corrected chi connectivity index (χ2v) is 12.1. The van der Waals surface area contributed by atoms with E-state index in [9.17, 15) is 0 Å². The van der Waals surface area contributed by atoms with Gasteiger partial charge in [0.15, 0.2) is 0 Å². The lowest BCUT2D eigenvalue weighted by Crippen LogP contribution is -2.28. The largest absolute Gasteiger partial charge is 0.397 e. The van der Waals surface area contributed by atoms with Crippen molar-refractivity contribution >= 4 is 9.28 Å². The van der Waals surface area contributed by atoms with E-state index in [2.05, 4.69) is 56.8 Å². The molecule has 0 bridgehead atoms. The molecule has 1 rings (SSSR count). The summed E-state index contributed by atoms with van der Waals surface area (Å²) in [6.45, 7) is 10.3. The Morgan fingerprint density at radius 3 is 1.74 bits per heavy atom. The highest BCUT2D eigenvalue weighted by atomic mass is 28.3. The molecule has 0 amide bonds. The molecule has 0 fully saturated rings. The first kappa shape index (κ1) is 31.1. The summed E-state index contributed by atoms with van der Waals surface area (Å²) in [4.78, 5) is 0. The van der Waals surface area contributed by atoms with E-state index < -0.39 is 9.28 Å². The SMILES string of the molecule is C=CCCC(Cc1ccccc1)C[SiH](OCCCCCCCCC)OCCCCCCCCC. The first-order valence-corrected chi connectivity index (χ1v) is 16.4. The van der Waals surface area contributed by atoms with Gasteiger partial charge in [0.1, 0.15) is 0 Å². The van der Waals surface area contributed by atoms with Crippen LogP contribution in [0.2, 0.25) is 6.04 Å². The van der Waals surface area contributed by atoms with Gasteiger partial charge in [0.2, 0.25) is 0 Å². The quantitative estimate of drug-likeness (QED) is 0.0774. The molecule has 0 saturated heterocycles. The van der Waals surface area contributed by atoms with E-state index in [0.29, 0.717) is 5.92 Å². The molecular weight excluding hydrogens is 432 g/mol. The van der Waals surface area contributed by atoms with Crippen LogP contribution in [0.1, 0.15) is 122 Å². The summed E-state index contributed by atoms with van der Waals surface area (Å²) in [5.74, 6) is 0.625. The van der Waals surface area contributed by atoms with Gasteiger partial charge in [-0.2, -0.15) is 0 Å². The first-order chi connectivity index (χ1) is 16.8. The molecule has 1 atom stereocenters. The molecule has 1 aromatic carbocycles. The molecular formula is C31H56O2Si. The van der Waals surface area contributed by atoms with Crippen LogP contribution in [0.3, 0.4) is 0 Å². The fraction of sp³-hybridized carbons (Fsp3) is 0.742. The third-order valence-electron chi connectivity index (χ3n) is 6.78. The van der Waals surface area contributed by atoms with Crippen molar-refractivity contribution in [2.75, 3.05) is 13.2 Å². The summed E-state index contributed by atoms with van der Waals surface area (Å²) in [5, 5.41) is 0. The Kier molecular flexibility index (Phi) is 21.8. The molecule has 0 radical (unpaired) electrons. The van der Waals surface area contributed by atoms with E-state index in [0.717, 1.165) is 32.1 Å². The minimum atomic E-state index is -1.65. The molecule has 2 nitrogen and oxygen atoms in total. The summed E-state index contributed by atoms with van der Waals surface area (Å²) >= 11 is 0. The van der Waals surface area contributed by atoms with E-state index in [1.165, 1.54) is 102 Å². The maximum atomic E-state index is 6.47. The molecule has 3 heteroatoms. The van der Waals surface area contributed by atoms with E-state index in [1.807, 2.05) is 0 Å². The highest BCUT2D eigenvalue weighted by Gasteiger charge is 2.21. The fourth-order valence-electron chi connectivity index (χ4n) is 4.61. The normalized spacial score (nSPS) is 12.3. The topological polar surface area (TPSA) is 18.5 Å². The minimum absolute atomic E-state index is 0.625. The van der Waals surface area contributed by atoms with Crippen molar-refractivity contribution in [2.45, 2.75) is 129 Å². The third kappa shape index (κ3) is 18.4. The predicted octanol–water partition coefficient (Wildman–Crippen LogP) is 9.57. The molecule has 1 aromatic rings. The average Bonchev–Trinajstić information content (AvgIpc) is 2.86. The average molecular weight is 489 g/mol. The lowest BCUT2D eigenvalue weighted by Gasteiger charge is -2.23. The molecule has 34 heavy (non-hydrogen) atoms. The maximum Gasteiger partial charge on any atom is 0.321 e. The number of allylic oxidation sites excluding steroid dienone is 1. The van der Waals surface area contributed by atoms with Gasteiger partial charge in [-0.3, -0.25) is 0 Å². The van der Waals surface area contributed by atoms with Crippen LogP contribution in [-0.4, -0.2) is 22.5 Å². The molecule has 196 valence electrons. The van der Waals surface area contributed by atoms with Crippen LogP contribution in [0.4, 0.5) is 0 Å². The third-order valence-corrected chi connectivity index (χ3v) is 9.04. The van der Waals surface area contributed by atoms with Crippen LogP contribution in [0.5, 0.6) is 0 Å². The Morgan fingerprint density at radius 1 is 0.735 bits per heavy atom. The number of hydrogen-bond donors (Lipinski definition) is 0.